The van der Waals surface area contributed by atoms with E-state index in [4.69, 9.17) is 0 Å². The van der Waals surface area contributed by atoms with Crippen LogP contribution in [0, 0.1) is 13.8 Å². The largest absolute Gasteiger partial charge is 0.370 e. The quantitative estimate of drug-likeness (QED) is 0.821. The molecule has 0 aliphatic heterocycles. The molecule has 4 nitrogen and oxygen atoms in total. The molecule has 0 radical (unpaired) electrons. The van der Waals surface area contributed by atoms with Crippen molar-refractivity contribution in [2.75, 3.05) is 11.9 Å². The highest BCUT2D eigenvalue weighted by atomic mass is 79.9. The number of halogens is 2. The van der Waals surface area contributed by atoms with E-state index in [1.807, 2.05) is 19.9 Å². The van der Waals surface area contributed by atoms with Crippen LogP contribution < -0.4 is 5.32 Å². The minimum atomic E-state index is 0.631. The fourth-order valence-electron chi connectivity index (χ4n) is 1.73. The molecular weight excluding hydrogens is 384 g/mol. The Labute approximate surface area is 135 Å². The number of hydrogen-bond donors (Lipinski definition) is 1. The van der Waals surface area contributed by atoms with Crippen molar-refractivity contribution in [3.8, 4) is 11.5 Å². The lowest BCUT2D eigenvalue weighted by atomic mass is 10.2. The second-order valence-corrected chi connectivity index (χ2v) is 6.29. The number of nitrogens with zero attached hydrogens (tertiary/aromatic N) is 3. The summed E-state index contributed by atoms with van der Waals surface area (Å²) in [6, 6.07) is 1.94. The van der Waals surface area contributed by atoms with Gasteiger partial charge in [0.05, 0.1) is 0 Å². The third-order valence-corrected chi connectivity index (χ3v) is 3.99. The number of nitrogens with one attached hydrogen (secondary N) is 1. The maximum Gasteiger partial charge on any atom is 0.181 e. The van der Waals surface area contributed by atoms with Crippen LogP contribution in [0.25, 0.3) is 11.5 Å². The first-order valence-electron chi connectivity index (χ1n) is 6.43. The molecule has 0 aromatic carbocycles. The average molecular weight is 400 g/mol. The molecule has 2 aromatic heterocycles. The fraction of sp³-hybridized carbons (Fsp3) is 0.357. The Morgan fingerprint density at radius 2 is 1.95 bits per heavy atom. The summed E-state index contributed by atoms with van der Waals surface area (Å²) in [7, 11) is 0. The summed E-state index contributed by atoms with van der Waals surface area (Å²) in [5.41, 5.74) is 2.79. The first-order chi connectivity index (χ1) is 9.52. The minimum Gasteiger partial charge on any atom is -0.370 e. The van der Waals surface area contributed by atoms with Crippen LogP contribution in [0.3, 0.4) is 0 Å². The van der Waals surface area contributed by atoms with Gasteiger partial charge in [-0.3, -0.25) is 4.98 Å². The number of rotatable bonds is 4. The maximum atomic E-state index is 4.60. The van der Waals surface area contributed by atoms with Gasteiger partial charge in [0.1, 0.15) is 11.5 Å². The van der Waals surface area contributed by atoms with E-state index in [0.29, 0.717) is 5.82 Å². The van der Waals surface area contributed by atoms with Crippen molar-refractivity contribution in [3.05, 3.63) is 32.5 Å². The van der Waals surface area contributed by atoms with Crippen LogP contribution in [0.5, 0.6) is 0 Å². The normalized spacial score (nSPS) is 10.7. The molecule has 0 bridgehead atoms. The third-order valence-electron chi connectivity index (χ3n) is 2.95. The van der Waals surface area contributed by atoms with Gasteiger partial charge in [0.15, 0.2) is 5.82 Å². The van der Waals surface area contributed by atoms with Gasteiger partial charge < -0.3 is 5.32 Å². The maximum absolute atomic E-state index is 4.60. The number of anilines is 1. The third kappa shape index (κ3) is 3.35. The van der Waals surface area contributed by atoms with Crippen LogP contribution in [-0.2, 0) is 0 Å². The summed E-state index contributed by atoms with van der Waals surface area (Å²) in [5, 5.41) is 3.34. The highest BCUT2D eigenvalue weighted by Gasteiger charge is 2.13. The molecule has 0 amide bonds. The van der Waals surface area contributed by atoms with E-state index in [9.17, 15) is 0 Å². The van der Waals surface area contributed by atoms with Gasteiger partial charge in [-0.1, -0.05) is 6.92 Å². The molecule has 2 heterocycles. The first-order valence-corrected chi connectivity index (χ1v) is 8.02. The highest BCUT2D eigenvalue weighted by Crippen LogP contribution is 2.28. The standard InChI is InChI=1S/C14H16Br2N4/c1-4-5-17-13-8(2)9(3)19-14(20-13)12-11(16)6-10(15)7-18-12/h6-7H,4-5H2,1-3H3,(H,17,19,20). The van der Waals surface area contributed by atoms with Crippen molar-refractivity contribution in [1.29, 1.82) is 0 Å². The summed E-state index contributed by atoms with van der Waals surface area (Å²) in [6.07, 6.45) is 2.80. The average Bonchev–Trinajstić information content (AvgIpc) is 2.40. The molecule has 0 atom stereocenters. The monoisotopic (exact) mass is 398 g/mol. The Bertz CT molecular complexity index is 629. The van der Waals surface area contributed by atoms with E-state index in [1.165, 1.54) is 0 Å². The molecule has 1 N–H and O–H groups in total. The molecule has 20 heavy (non-hydrogen) atoms. The van der Waals surface area contributed by atoms with Gasteiger partial charge in [0.25, 0.3) is 0 Å². The van der Waals surface area contributed by atoms with Crippen molar-refractivity contribution in [3.63, 3.8) is 0 Å². The topological polar surface area (TPSA) is 50.7 Å². The van der Waals surface area contributed by atoms with Gasteiger partial charge >= 0.3 is 0 Å². The van der Waals surface area contributed by atoms with Crippen LogP contribution in [0.2, 0.25) is 0 Å². The van der Waals surface area contributed by atoms with Crippen LogP contribution in [0.4, 0.5) is 5.82 Å². The van der Waals surface area contributed by atoms with E-state index in [0.717, 1.165) is 44.7 Å². The second-order valence-electron chi connectivity index (χ2n) is 4.52. The number of hydrogen-bond acceptors (Lipinski definition) is 4. The van der Waals surface area contributed by atoms with Crippen molar-refractivity contribution in [2.45, 2.75) is 27.2 Å². The summed E-state index contributed by atoms with van der Waals surface area (Å²) < 4.78 is 1.79. The summed E-state index contributed by atoms with van der Waals surface area (Å²) >= 11 is 6.91. The second kappa shape index (κ2) is 6.63. The summed E-state index contributed by atoms with van der Waals surface area (Å²) in [4.78, 5) is 13.5. The summed E-state index contributed by atoms with van der Waals surface area (Å²) in [6.45, 7) is 7.04. The van der Waals surface area contributed by atoms with Crippen molar-refractivity contribution < 1.29 is 0 Å². The lowest BCUT2D eigenvalue weighted by molar-refractivity contribution is 0.952. The summed E-state index contributed by atoms with van der Waals surface area (Å²) in [5.74, 6) is 1.51. The molecular formula is C14H16Br2N4. The zero-order valence-corrected chi connectivity index (χ0v) is 14.8. The molecule has 0 unspecified atom stereocenters. The van der Waals surface area contributed by atoms with E-state index < -0.39 is 0 Å². The number of aryl methyl sites for hydroxylation is 1. The molecule has 0 spiro atoms. The first kappa shape index (κ1) is 15.4. The van der Waals surface area contributed by atoms with Crippen LogP contribution in [0.1, 0.15) is 24.6 Å². The Balaban J connectivity index is 2.48. The van der Waals surface area contributed by atoms with Crippen molar-refractivity contribution >= 4 is 37.7 Å². The lowest BCUT2D eigenvalue weighted by Gasteiger charge is -2.12. The Kier molecular flexibility index (Phi) is 5.10. The van der Waals surface area contributed by atoms with Crippen LogP contribution in [-0.4, -0.2) is 21.5 Å². The van der Waals surface area contributed by atoms with Gasteiger partial charge in [-0.2, -0.15) is 0 Å². The molecule has 2 rings (SSSR count). The molecule has 0 saturated carbocycles. The van der Waals surface area contributed by atoms with E-state index in [-0.39, 0.29) is 0 Å². The molecule has 0 aliphatic rings. The van der Waals surface area contributed by atoms with Crippen molar-refractivity contribution in [2.24, 2.45) is 0 Å². The molecule has 6 heteroatoms. The van der Waals surface area contributed by atoms with E-state index in [1.54, 1.807) is 6.20 Å². The van der Waals surface area contributed by atoms with E-state index >= 15 is 0 Å². The zero-order valence-electron chi connectivity index (χ0n) is 11.7. The number of pyridine rings is 1. The molecule has 106 valence electrons. The van der Waals surface area contributed by atoms with Gasteiger partial charge in [-0.05, 0) is 58.2 Å². The van der Waals surface area contributed by atoms with Gasteiger partial charge in [-0.25, -0.2) is 9.97 Å². The molecule has 0 saturated heterocycles. The fourth-order valence-corrected chi connectivity index (χ4v) is 2.89. The highest BCUT2D eigenvalue weighted by molar-refractivity contribution is 9.11. The predicted molar refractivity (Wildman–Crippen MR) is 88.9 cm³/mol. The molecule has 2 aromatic rings. The van der Waals surface area contributed by atoms with Crippen LogP contribution in [0.15, 0.2) is 21.2 Å². The lowest BCUT2D eigenvalue weighted by Crippen LogP contribution is -2.08. The Morgan fingerprint density at radius 1 is 1.20 bits per heavy atom. The number of aromatic nitrogens is 3. The molecule has 0 aliphatic carbocycles. The van der Waals surface area contributed by atoms with Crippen molar-refractivity contribution in [1.82, 2.24) is 15.0 Å². The van der Waals surface area contributed by atoms with Gasteiger partial charge in [0, 0.05) is 32.9 Å². The zero-order chi connectivity index (χ0) is 14.7. The molecule has 0 fully saturated rings. The van der Waals surface area contributed by atoms with E-state index in [2.05, 4.69) is 59.1 Å². The van der Waals surface area contributed by atoms with Gasteiger partial charge in [0.2, 0.25) is 0 Å². The SMILES string of the molecule is CCCNc1nc(-c2ncc(Br)cc2Br)nc(C)c1C. The van der Waals surface area contributed by atoms with Gasteiger partial charge in [-0.15, -0.1) is 0 Å². The Morgan fingerprint density at radius 3 is 2.60 bits per heavy atom. The Hall–Kier alpha value is -1.01. The predicted octanol–water partition coefficient (Wildman–Crippen LogP) is 4.50. The smallest absolute Gasteiger partial charge is 0.181 e. The van der Waals surface area contributed by atoms with Crippen LogP contribution >= 0.6 is 31.9 Å². The minimum absolute atomic E-state index is 0.631.